The van der Waals surface area contributed by atoms with Crippen LogP contribution in [0.2, 0.25) is 0 Å². The molecule has 0 spiro atoms. The van der Waals surface area contributed by atoms with Gasteiger partial charge in [0.2, 0.25) is 0 Å². The molecule has 0 atom stereocenters. The molecule has 0 fully saturated rings. The van der Waals surface area contributed by atoms with E-state index in [1.165, 1.54) is 17.0 Å². The van der Waals surface area contributed by atoms with Crippen LogP contribution in [0, 0.1) is 5.82 Å². The van der Waals surface area contributed by atoms with Crippen molar-refractivity contribution in [3.8, 4) is 11.5 Å². The fraction of sp³-hybridized carbons (Fsp3) is 0.188. The highest BCUT2D eigenvalue weighted by molar-refractivity contribution is 5.97. The van der Waals surface area contributed by atoms with Gasteiger partial charge < -0.3 is 14.7 Å². The molecule has 5 heteroatoms. The van der Waals surface area contributed by atoms with E-state index < -0.39 is 11.7 Å². The van der Waals surface area contributed by atoms with E-state index in [1.807, 2.05) is 24.3 Å². The normalized spacial score (nSPS) is 14.0. The van der Waals surface area contributed by atoms with E-state index in [0.29, 0.717) is 19.7 Å². The van der Waals surface area contributed by atoms with Gasteiger partial charge in [-0.3, -0.25) is 4.79 Å². The number of carbonyl (C=O) groups is 1. The van der Waals surface area contributed by atoms with Crippen LogP contribution in [0.4, 0.5) is 4.39 Å². The molecule has 0 radical (unpaired) electrons. The molecule has 0 unspecified atom stereocenters. The molecule has 0 saturated heterocycles. The minimum absolute atomic E-state index is 0.295. The number of phenolic OH excluding ortho intramolecular Hbond substituents is 1. The van der Waals surface area contributed by atoms with Gasteiger partial charge in [0.05, 0.1) is 6.54 Å². The van der Waals surface area contributed by atoms with Crippen LogP contribution in [0.3, 0.4) is 0 Å². The molecule has 1 amide bonds. The fourth-order valence-corrected chi connectivity index (χ4v) is 2.38. The molecule has 1 heterocycles. The third kappa shape index (κ3) is 2.54. The summed E-state index contributed by atoms with van der Waals surface area (Å²) in [6.45, 7) is 0.988. The number of phenols is 1. The lowest BCUT2D eigenvalue weighted by atomic mass is 10.1. The van der Waals surface area contributed by atoms with Gasteiger partial charge in [0.15, 0.2) is 0 Å². The molecule has 2 aromatic carbocycles. The first kappa shape index (κ1) is 13.4. The summed E-state index contributed by atoms with van der Waals surface area (Å²) in [6.07, 6.45) is 0. The summed E-state index contributed by atoms with van der Waals surface area (Å²) < 4.78 is 19.4. The molecular weight excluding hydrogens is 273 g/mol. The molecule has 0 saturated carbocycles. The van der Waals surface area contributed by atoms with Crippen molar-refractivity contribution in [1.82, 2.24) is 4.90 Å². The Hall–Kier alpha value is -2.56. The van der Waals surface area contributed by atoms with Crippen molar-refractivity contribution in [3.05, 3.63) is 59.4 Å². The van der Waals surface area contributed by atoms with E-state index in [2.05, 4.69) is 0 Å². The molecule has 1 aliphatic rings. The molecule has 1 N–H and O–H groups in total. The van der Waals surface area contributed by atoms with Crippen molar-refractivity contribution in [2.24, 2.45) is 0 Å². The predicted molar refractivity (Wildman–Crippen MR) is 74.7 cm³/mol. The molecule has 108 valence electrons. The average molecular weight is 287 g/mol. The van der Waals surface area contributed by atoms with Crippen LogP contribution in [-0.2, 0) is 6.54 Å². The molecule has 0 bridgehead atoms. The lowest BCUT2D eigenvalue weighted by molar-refractivity contribution is 0.0725. The zero-order chi connectivity index (χ0) is 14.8. The van der Waals surface area contributed by atoms with Crippen molar-refractivity contribution in [1.29, 1.82) is 0 Å². The minimum atomic E-state index is -0.724. The number of carbonyl (C=O) groups excluding carboxylic acids is 1. The van der Waals surface area contributed by atoms with Crippen molar-refractivity contribution < 1.29 is 19.0 Å². The van der Waals surface area contributed by atoms with E-state index in [1.54, 1.807) is 0 Å². The van der Waals surface area contributed by atoms with Crippen LogP contribution in [0.25, 0.3) is 0 Å². The van der Waals surface area contributed by atoms with Crippen LogP contribution in [0.15, 0.2) is 42.5 Å². The number of fused-ring (bicyclic) bond motifs is 1. The lowest BCUT2D eigenvalue weighted by Crippen LogP contribution is -2.33. The summed E-state index contributed by atoms with van der Waals surface area (Å²) in [6, 6.07) is 11.2. The van der Waals surface area contributed by atoms with Gasteiger partial charge in [-0.05, 0) is 18.2 Å². The Labute approximate surface area is 121 Å². The highest BCUT2D eigenvalue weighted by Gasteiger charge is 2.25. The van der Waals surface area contributed by atoms with Crippen LogP contribution < -0.4 is 4.74 Å². The third-order valence-electron chi connectivity index (χ3n) is 3.45. The van der Waals surface area contributed by atoms with Crippen molar-refractivity contribution in [2.45, 2.75) is 6.54 Å². The largest absolute Gasteiger partial charge is 0.507 e. The quantitative estimate of drug-likeness (QED) is 0.877. The number of amides is 1. The maximum atomic E-state index is 13.8. The number of rotatable bonds is 1. The topological polar surface area (TPSA) is 49.8 Å². The zero-order valence-corrected chi connectivity index (χ0v) is 11.3. The van der Waals surface area contributed by atoms with Gasteiger partial charge in [0.25, 0.3) is 5.91 Å². The fourth-order valence-electron chi connectivity index (χ4n) is 2.38. The number of hydrogen-bond acceptors (Lipinski definition) is 3. The number of hydrogen-bond donors (Lipinski definition) is 1. The van der Waals surface area contributed by atoms with Gasteiger partial charge in [-0.25, -0.2) is 4.39 Å². The van der Waals surface area contributed by atoms with Gasteiger partial charge in [0, 0.05) is 12.1 Å². The van der Waals surface area contributed by atoms with Gasteiger partial charge in [0.1, 0.15) is 29.5 Å². The summed E-state index contributed by atoms with van der Waals surface area (Å²) in [5.41, 5.74) is 0.566. The Morgan fingerprint density at radius 2 is 2.00 bits per heavy atom. The summed E-state index contributed by atoms with van der Waals surface area (Å²) >= 11 is 0. The van der Waals surface area contributed by atoms with Gasteiger partial charge in [-0.1, -0.05) is 24.3 Å². The number of halogens is 1. The third-order valence-corrected chi connectivity index (χ3v) is 3.45. The summed E-state index contributed by atoms with van der Waals surface area (Å²) in [4.78, 5) is 14.0. The Kier molecular flexibility index (Phi) is 3.48. The van der Waals surface area contributed by atoms with E-state index >= 15 is 0 Å². The summed E-state index contributed by atoms with van der Waals surface area (Å²) in [5.74, 6) is -0.881. The monoisotopic (exact) mass is 287 g/mol. The molecule has 3 rings (SSSR count). The predicted octanol–water partition coefficient (Wildman–Crippen LogP) is 2.57. The Morgan fingerprint density at radius 1 is 1.19 bits per heavy atom. The molecule has 0 aliphatic carbocycles. The van der Waals surface area contributed by atoms with Gasteiger partial charge >= 0.3 is 0 Å². The van der Waals surface area contributed by atoms with Crippen LogP contribution in [0.5, 0.6) is 11.5 Å². The second kappa shape index (κ2) is 5.44. The maximum Gasteiger partial charge on any atom is 0.261 e. The van der Waals surface area contributed by atoms with Crippen LogP contribution in [0.1, 0.15) is 15.9 Å². The standard InChI is InChI=1S/C16H14FNO3/c17-12-5-3-6-13(19)15(12)16(20)18-8-9-21-14-7-2-1-4-11(14)10-18/h1-7,19H,8-10H2. The molecule has 4 nitrogen and oxygen atoms in total. The van der Waals surface area contributed by atoms with Crippen molar-refractivity contribution in [3.63, 3.8) is 0 Å². The SMILES string of the molecule is O=C(c1c(O)cccc1F)N1CCOc2ccccc2C1. The second-order valence-corrected chi connectivity index (χ2v) is 4.82. The average Bonchev–Trinajstić information content (AvgIpc) is 2.69. The number of aromatic hydroxyl groups is 1. The summed E-state index contributed by atoms with van der Waals surface area (Å²) in [5, 5.41) is 9.74. The number of ether oxygens (including phenoxy) is 1. The Balaban J connectivity index is 1.92. The first-order chi connectivity index (χ1) is 10.2. The zero-order valence-electron chi connectivity index (χ0n) is 11.3. The first-order valence-corrected chi connectivity index (χ1v) is 6.64. The Bertz CT molecular complexity index is 667. The van der Waals surface area contributed by atoms with Crippen molar-refractivity contribution in [2.75, 3.05) is 13.2 Å². The first-order valence-electron chi connectivity index (χ1n) is 6.64. The van der Waals surface area contributed by atoms with Crippen LogP contribution >= 0.6 is 0 Å². The maximum absolute atomic E-state index is 13.8. The minimum Gasteiger partial charge on any atom is -0.507 e. The molecule has 0 aromatic heterocycles. The lowest BCUT2D eigenvalue weighted by Gasteiger charge is -2.20. The second-order valence-electron chi connectivity index (χ2n) is 4.82. The highest BCUT2D eigenvalue weighted by Crippen LogP contribution is 2.26. The number of benzene rings is 2. The van der Waals surface area contributed by atoms with Crippen molar-refractivity contribution >= 4 is 5.91 Å². The molecular formula is C16H14FNO3. The highest BCUT2D eigenvalue weighted by atomic mass is 19.1. The molecule has 1 aliphatic heterocycles. The van der Waals surface area contributed by atoms with Crippen LogP contribution in [-0.4, -0.2) is 29.1 Å². The van der Waals surface area contributed by atoms with E-state index in [-0.39, 0.29) is 11.3 Å². The molecule has 21 heavy (non-hydrogen) atoms. The van der Waals surface area contributed by atoms with E-state index in [0.717, 1.165) is 17.4 Å². The van der Waals surface area contributed by atoms with E-state index in [9.17, 15) is 14.3 Å². The number of nitrogens with zero attached hydrogens (tertiary/aromatic N) is 1. The Morgan fingerprint density at radius 3 is 2.81 bits per heavy atom. The van der Waals surface area contributed by atoms with E-state index in [4.69, 9.17) is 4.74 Å². The number of para-hydroxylation sites is 1. The van der Waals surface area contributed by atoms with Gasteiger partial charge in [-0.2, -0.15) is 0 Å². The molecule has 2 aromatic rings. The van der Waals surface area contributed by atoms with Gasteiger partial charge in [-0.15, -0.1) is 0 Å². The smallest absolute Gasteiger partial charge is 0.261 e. The summed E-state index contributed by atoms with van der Waals surface area (Å²) in [7, 11) is 0.